The zero-order chi connectivity index (χ0) is 16.1. The second-order valence-corrected chi connectivity index (χ2v) is 4.40. The first-order valence-electron chi connectivity index (χ1n) is 6.81. The van der Waals surface area contributed by atoms with Crippen LogP contribution in [0.2, 0.25) is 0 Å². The van der Waals surface area contributed by atoms with E-state index in [1.165, 1.54) is 0 Å². The van der Waals surface area contributed by atoms with Crippen molar-refractivity contribution in [2.75, 3.05) is 26.4 Å². The Morgan fingerprint density at radius 3 is 2.29 bits per heavy atom. The topological polar surface area (TPSA) is 71.1 Å². The maximum atomic E-state index is 10.9. The van der Waals surface area contributed by atoms with Gasteiger partial charge in [-0.3, -0.25) is 0 Å². The Balaban J connectivity index is 3.51. The summed E-state index contributed by atoms with van der Waals surface area (Å²) in [5.74, 6) is -0.904. The largest absolute Gasteiger partial charge is 0.462 e. The van der Waals surface area contributed by atoms with E-state index in [-0.39, 0.29) is 12.2 Å². The number of esters is 2. The molecule has 0 aliphatic carbocycles. The van der Waals surface area contributed by atoms with E-state index in [4.69, 9.17) is 18.9 Å². The summed E-state index contributed by atoms with van der Waals surface area (Å²) in [6.07, 6.45) is 2.39. The van der Waals surface area contributed by atoms with Crippen molar-refractivity contribution in [2.45, 2.75) is 32.5 Å². The summed E-state index contributed by atoms with van der Waals surface area (Å²) in [6.45, 7) is 11.7. The lowest BCUT2D eigenvalue weighted by molar-refractivity contribution is -0.146. The minimum atomic E-state index is -0.468. The second kappa shape index (κ2) is 12.1. The highest BCUT2D eigenvalue weighted by molar-refractivity contribution is 5.81. The van der Waals surface area contributed by atoms with Crippen molar-refractivity contribution in [1.82, 2.24) is 0 Å². The van der Waals surface area contributed by atoms with Crippen LogP contribution in [0.25, 0.3) is 0 Å². The van der Waals surface area contributed by atoms with Crippen LogP contribution in [0.3, 0.4) is 0 Å². The average Bonchev–Trinajstić information content (AvgIpc) is 2.48. The van der Waals surface area contributed by atoms with Crippen LogP contribution in [0.5, 0.6) is 0 Å². The first-order valence-corrected chi connectivity index (χ1v) is 6.81. The van der Waals surface area contributed by atoms with Crippen LogP contribution in [-0.4, -0.2) is 50.6 Å². The molecule has 0 spiro atoms. The highest BCUT2D eigenvalue weighted by Crippen LogP contribution is 1.99. The van der Waals surface area contributed by atoms with Crippen molar-refractivity contribution in [3.63, 3.8) is 0 Å². The molecule has 0 radical (unpaired) electrons. The van der Waals surface area contributed by atoms with Crippen molar-refractivity contribution in [2.24, 2.45) is 0 Å². The number of carbonyl (C=O) groups excluding carboxylic acids is 2. The molecule has 0 heterocycles. The van der Waals surface area contributed by atoms with Crippen LogP contribution in [0.1, 0.15) is 20.3 Å². The van der Waals surface area contributed by atoms with E-state index in [0.717, 1.165) is 12.2 Å². The van der Waals surface area contributed by atoms with Crippen LogP contribution in [-0.2, 0) is 28.5 Å². The van der Waals surface area contributed by atoms with E-state index >= 15 is 0 Å². The molecule has 0 fully saturated rings. The van der Waals surface area contributed by atoms with Gasteiger partial charge in [-0.25, -0.2) is 9.59 Å². The predicted molar refractivity (Wildman–Crippen MR) is 77.8 cm³/mol. The van der Waals surface area contributed by atoms with E-state index in [2.05, 4.69) is 13.2 Å². The van der Waals surface area contributed by atoms with Gasteiger partial charge in [-0.15, -0.1) is 0 Å². The molecule has 0 saturated heterocycles. The normalized spacial score (nSPS) is 13.0. The Morgan fingerprint density at radius 1 is 1.00 bits per heavy atom. The van der Waals surface area contributed by atoms with Crippen molar-refractivity contribution < 1.29 is 28.5 Å². The minimum absolute atomic E-state index is 0.120. The van der Waals surface area contributed by atoms with E-state index < -0.39 is 11.9 Å². The number of hydrogen-bond acceptors (Lipinski definition) is 6. The van der Waals surface area contributed by atoms with Gasteiger partial charge in [-0.1, -0.05) is 13.2 Å². The van der Waals surface area contributed by atoms with Crippen LogP contribution in [0, 0.1) is 0 Å². The van der Waals surface area contributed by atoms with Gasteiger partial charge in [0.05, 0.1) is 25.9 Å². The van der Waals surface area contributed by atoms with Gasteiger partial charge in [0.15, 0.2) is 0 Å². The smallest absolute Gasteiger partial charge is 0.330 e. The molecule has 0 aromatic carbocycles. The molecule has 0 aliphatic heterocycles. The van der Waals surface area contributed by atoms with Crippen LogP contribution in [0.4, 0.5) is 0 Å². The molecule has 2 atom stereocenters. The Morgan fingerprint density at radius 2 is 1.67 bits per heavy atom. The van der Waals surface area contributed by atoms with Crippen LogP contribution < -0.4 is 0 Å². The molecule has 6 nitrogen and oxygen atoms in total. The molecule has 120 valence electrons. The molecule has 0 aliphatic rings. The lowest BCUT2D eigenvalue weighted by Crippen LogP contribution is -2.25. The third-order valence-corrected chi connectivity index (χ3v) is 2.30. The lowest BCUT2D eigenvalue weighted by atomic mass is 10.4. The maximum Gasteiger partial charge on any atom is 0.330 e. The summed E-state index contributed by atoms with van der Waals surface area (Å²) in [5, 5.41) is 0. The van der Waals surface area contributed by atoms with E-state index in [0.29, 0.717) is 32.8 Å². The molecule has 0 bridgehead atoms. The fourth-order valence-electron chi connectivity index (χ4n) is 1.27. The Labute approximate surface area is 125 Å². The summed E-state index contributed by atoms with van der Waals surface area (Å²) < 4.78 is 20.6. The highest BCUT2D eigenvalue weighted by Gasteiger charge is 2.09. The number of carbonyl (C=O) groups is 2. The first-order chi connectivity index (χ1) is 9.99. The van der Waals surface area contributed by atoms with Crippen LogP contribution >= 0.6 is 0 Å². The van der Waals surface area contributed by atoms with Crippen molar-refractivity contribution in [1.29, 1.82) is 0 Å². The molecule has 0 aromatic rings. The van der Waals surface area contributed by atoms with Gasteiger partial charge < -0.3 is 18.9 Å². The van der Waals surface area contributed by atoms with Crippen molar-refractivity contribution in [3.8, 4) is 0 Å². The average molecular weight is 300 g/mol. The van der Waals surface area contributed by atoms with Crippen LogP contribution in [0.15, 0.2) is 25.3 Å². The summed E-state index contributed by atoms with van der Waals surface area (Å²) in [7, 11) is 0. The Bertz CT molecular complexity index is 339. The fourth-order valence-corrected chi connectivity index (χ4v) is 1.27. The van der Waals surface area contributed by atoms with Gasteiger partial charge in [0, 0.05) is 25.2 Å². The fraction of sp³-hybridized carbons (Fsp3) is 0.600. The van der Waals surface area contributed by atoms with Gasteiger partial charge >= 0.3 is 11.9 Å². The zero-order valence-electron chi connectivity index (χ0n) is 12.7. The monoisotopic (exact) mass is 300 g/mol. The molecule has 0 amide bonds. The molecular weight excluding hydrogens is 276 g/mol. The van der Waals surface area contributed by atoms with Gasteiger partial charge in [-0.05, 0) is 13.8 Å². The molecule has 0 aromatic heterocycles. The molecular formula is C15H24O6. The third-order valence-electron chi connectivity index (χ3n) is 2.30. The molecule has 0 N–H and O–H groups in total. The third kappa shape index (κ3) is 11.8. The maximum absolute atomic E-state index is 10.9. The Hall–Kier alpha value is -1.66. The van der Waals surface area contributed by atoms with E-state index in [1.54, 1.807) is 6.92 Å². The molecule has 2 unspecified atom stereocenters. The predicted octanol–water partition coefficient (Wildman–Crippen LogP) is 1.65. The summed E-state index contributed by atoms with van der Waals surface area (Å²) in [5.41, 5.74) is 0. The number of ether oxygens (including phenoxy) is 4. The summed E-state index contributed by atoms with van der Waals surface area (Å²) in [6, 6.07) is 0. The molecule has 6 heteroatoms. The minimum Gasteiger partial charge on any atom is -0.462 e. The number of rotatable bonds is 12. The van der Waals surface area contributed by atoms with Gasteiger partial charge in [0.1, 0.15) is 6.10 Å². The quantitative estimate of drug-likeness (QED) is 0.310. The first kappa shape index (κ1) is 19.3. The lowest BCUT2D eigenvalue weighted by Gasteiger charge is -2.17. The SMILES string of the molecule is C=CC(=O)OCCCOCC(C)OCC(C)OC(=O)C=C. The van der Waals surface area contributed by atoms with Gasteiger partial charge in [0.2, 0.25) is 0 Å². The number of hydrogen-bond donors (Lipinski definition) is 0. The molecule has 21 heavy (non-hydrogen) atoms. The van der Waals surface area contributed by atoms with Gasteiger partial charge in [0.25, 0.3) is 0 Å². The summed E-state index contributed by atoms with van der Waals surface area (Å²) in [4.78, 5) is 21.7. The van der Waals surface area contributed by atoms with Crippen molar-refractivity contribution >= 4 is 11.9 Å². The van der Waals surface area contributed by atoms with E-state index in [9.17, 15) is 9.59 Å². The standard InChI is InChI=1S/C15H24O6/c1-5-14(16)19-9-7-8-18-10-12(3)20-11-13(4)21-15(17)6-2/h5-6,12-13H,1-2,7-11H2,3-4H3. The molecule has 0 rings (SSSR count). The highest BCUT2D eigenvalue weighted by atomic mass is 16.6. The zero-order valence-corrected chi connectivity index (χ0v) is 12.7. The second-order valence-electron chi connectivity index (χ2n) is 4.40. The van der Waals surface area contributed by atoms with Crippen molar-refractivity contribution in [3.05, 3.63) is 25.3 Å². The molecule has 0 saturated carbocycles. The summed E-state index contributed by atoms with van der Waals surface area (Å²) >= 11 is 0. The van der Waals surface area contributed by atoms with Gasteiger partial charge in [-0.2, -0.15) is 0 Å². The Kier molecular flexibility index (Phi) is 11.2. The van der Waals surface area contributed by atoms with E-state index in [1.807, 2.05) is 6.92 Å².